The molecule has 1 unspecified atom stereocenters. The molecule has 0 aliphatic heterocycles. The Morgan fingerprint density at radius 2 is 2.10 bits per heavy atom. The van der Waals surface area contributed by atoms with Gasteiger partial charge in [0, 0.05) is 36.5 Å². The number of anilines is 1. The van der Waals surface area contributed by atoms with Crippen LogP contribution >= 0.6 is 11.8 Å². The molecule has 0 radical (unpaired) electrons. The smallest absolute Gasteiger partial charge is 0.0726 e. The summed E-state index contributed by atoms with van der Waals surface area (Å²) in [4.78, 5) is 7.08. The first kappa shape index (κ1) is 15.1. The van der Waals surface area contributed by atoms with Crippen molar-refractivity contribution < 1.29 is 0 Å². The SMILES string of the molecule is CNCc1cc(N(C)C(C)CSC)c2ccccc2n1. The van der Waals surface area contributed by atoms with E-state index in [0.717, 1.165) is 23.5 Å². The van der Waals surface area contributed by atoms with E-state index in [9.17, 15) is 0 Å². The van der Waals surface area contributed by atoms with Crippen molar-refractivity contribution in [3.05, 3.63) is 36.0 Å². The highest BCUT2D eigenvalue weighted by molar-refractivity contribution is 7.98. The summed E-state index contributed by atoms with van der Waals surface area (Å²) in [7, 11) is 4.13. The lowest BCUT2D eigenvalue weighted by atomic mass is 10.1. The van der Waals surface area contributed by atoms with E-state index >= 15 is 0 Å². The standard InChI is InChI=1S/C16H23N3S/c1-12(11-20-4)19(3)16-9-13(10-17-2)18-15-8-6-5-7-14(15)16/h5-9,12,17H,10-11H2,1-4H3. The zero-order chi connectivity index (χ0) is 14.5. The number of benzene rings is 1. The zero-order valence-electron chi connectivity index (χ0n) is 12.7. The highest BCUT2D eigenvalue weighted by atomic mass is 32.2. The average molecular weight is 289 g/mol. The zero-order valence-corrected chi connectivity index (χ0v) is 13.5. The summed E-state index contributed by atoms with van der Waals surface area (Å²) in [6.07, 6.45) is 2.15. The van der Waals surface area contributed by atoms with Crippen LogP contribution in [0.2, 0.25) is 0 Å². The van der Waals surface area contributed by atoms with Crippen molar-refractivity contribution in [1.29, 1.82) is 0 Å². The second-order valence-corrected chi connectivity index (χ2v) is 6.01. The minimum absolute atomic E-state index is 0.498. The molecule has 0 saturated carbocycles. The van der Waals surface area contributed by atoms with Crippen molar-refractivity contribution in [3.63, 3.8) is 0 Å². The second kappa shape index (κ2) is 6.95. The van der Waals surface area contributed by atoms with E-state index in [1.165, 1.54) is 11.1 Å². The second-order valence-electron chi connectivity index (χ2n) is 5.10. The summed E-state index contributed by atoms with van der Waals surface area (Å²) in [5.74, 6) is 1.12. The van der Waals surface area contributed by atoms with Gasteiger partial charge in [-0.05, 0) is 32.4 Å². The predicted octanol–water partition coefficient (Wildman–Crippen LogP) is 3.14. The third kappa shape index (κ3) is 3.25. The Kier molecular flexibility index (Phi) is 5.26. The molecule has 1 atom stereocenters. The molecule has 1 aromatic heterocycles. The van der Waals surface area contributed by atoms with Gasteiger partial charge in [0.05, 0.1) is 11.2 Å². The van der Waals surface area contributed by atoms with Crippen LogP contribution in [0.25, 0.3) is 10.9 Å². The summed E-state index contributed by atoms with van der Waals surface area (Å²) in [6, 6.07) is 11.1. The van der Waals surface area contributed by atoms with Gasteiger partial charge in [0.25, 0.3) is 0 Å². The third-order valence-electron chi connectivity index (χ3n) is 3.55. The molecule has 2 aromatic rings. The van der Waals surface area contributed by atoms with Crippen molar-refractivity contribution in [2.24, 2.45) is 0 Å². The number of thioether (sulfide) groups is 1. The minimum Gasteiger partial charge on any atom is -0.370 e. The van der Waals surface area contributed by atoms with Crippen LogP contribution in [0.5, 0.6) is 0 Å². The molecule has 0 spiro atoms. The van der Waals surface area contributed by atoms with E-state index < -0.39 is 0 Å². The molecule has 4 heteroatoms. The minimum atomic E-state index is 0.498. The number of aromatic nitrogens is 1. The third-order valence-corrected chi connectivity index (χ3v) is 4.37. The first-order valence-electron chi connectivity index (χ1n) is 6.92. The lowest BCUT2D eigenvalue weighted by Gasteiger charge is -2.28. The number of para-hydroxylation sites is 1. The number of fused-ring (bicyclic) bond motifs is 1. The number of pyridine rings is 1. The maximum Gasteiger partial charge on any atom is 0.0726 e. The summed E-state index contributed by atoms with van der Waals surface area (Å²) >= 11 is 1.88. The van der Waals surface area contributed by atoms with Crippen LogP contribution < -0.4 is 10.2 Å². The fourth-order valence-electron chi connectivity index (χ4n) is 2.36. The van der Waals surface area contributed by atoms with Crippen molar-refractivity contribution >= 4 is 28.4 Å². The van der Waals surface area contributed by atoms with Gasteiger partial charge >= 0.3 is 0 Å². The molecule has 3 nitrogen and oxygen atoms in total. The Hall–Kier alpha value is -1.26. The number of hydrogen-bond donors (Lipinski definition) is 1. The fourth-order valence-corrected chi connectivity index (χ4v) is 3.07. The number of rotatable bonds is 6. The average Bonchev–Trinajstić information content (AvgIpc) is 2.46. The van der Waals surface area contributed by atoms with Crippen LogP contribution in [0.3, 0.4) is 0 Å². The molecule has 108 valence electrons. The van der Waals surface area contributed by atoms with Crippen LogP contribution in [0, 0.1) is 0 Å². The first-order valence-corrected chi connectivity index (χ1v) is 8.31. The van der Waals surface area contributed by atoms with Crippen molar-refractivity contribution in [2.75, 3.05) is 31.0 Å². The van der Waals surface area contributed by atoms with Crippen molar-refractivity contribution in [1.82, 2.24) is 10.3 Å². The number of nitrogens with zero attached hydrogens (tertiary/aromatic N) is 2. The van der Waals surface area contributed by atoms with Crippen molar-refractivity contribution in [3.8, 4) is 0 Å². The largest absolute Gasteiger partial charge is 0.370 e. The van der Waals surface area contributed by atoms with Crippen LogP contribution in [-0.2, 0) is 6.54 Å². The van der Waals surface area contributed by atoms with Crippen LogP contribution in [0.1, 0.15) is 12.6 Å². The highest BCUT2D eigenvalue weighted by Gasteiger charge is 2.14. The summed E-state index contributed by atoms with van der Waals surface area (Å²) < 4.78 is 0. The van der Waals surface area contributed by atoms with Gasteiger partial charge in [-0.25, -0.2) is 0 Å². The van der Waals surface area contributed by atoms with Gasteiger partial charge in [-0.15, -0.1) is 0 Å². The maximum absolute atomic E-state index is 4.72. The quantitative estimate of drug-likeness (QED) is 0.884. The molecule has 0 aliphatic carbocycles. The van der Waals surface area contributed by atoms with Crippen LogP contribution in [0.15, 0.2) is 30.3 Å². The van der Waals surface area contributed by atoms with E-state index in [2.05, 4.69) is 54.7 Å². The molecule has 0 saturated heterocycles. The van der Waals surface area contributed by atoms with Crippen LogP contribution in [0.4, 0.5) is 5.69 Å². The normalized spacial score (nSPS) is 12.6. The van der Waals surface area contributed by atoms with Gasteiger partial charge in [-0.2, -0.15) is 11.8 Å². The van der Waals surface area contributed by atoms with E-state index in [1.54, 1.807) is 0 Å². The molecular formula is C16H23N3S. The predicted molar refractivity (Wildman–Crippen MR) is 90.8 cm³/mol. The Morgan fingerprint density at radius 1 is 1.35 bits per heavy atom. The molecular weight excluding hydrogens is 266 g/mol. The molecule has 0 aliphatic rings. The van der Waals surface area contributed by atoms with Gasteiger partial charge < -0.3 is 10.2 Å². The fraction of sp³-hybridized carbons (Fsp3) is 0.438. The monoisotopic (exact) mass is 289 g/mol. The molecule has 1 heterocycles. The van der Waals surface area contributed by atoms with Gasteiger partial charge in [0.1, 0.15) is 0 Å². The maximum atomic E-state index is 4.72. The molecule has 0 bridgehead atoms. The molecule has 2 rings (SSSR count). The lowest BCUT2D eigenvalue weighted by molar-refractivity contribution is 0.761. The van der Waals surface area contributed by atoms with Gasteiger partial charge in [0.2, 0.25) is 0 Å². The van der Waals surface area contributed by atoms with E-state index in [4.69, 9.17) is 4.98 Å². The van der Waals surface area contributed by atoms with Crippen molar-refractivity contribution in [2.45, 2.75) is 19.5 Å². The Balaban J connectivity index is 2.48. The van der Waals surface area contributed by atoms with E-state index in [0.29, 0.717) is 6.04 Å². The van der Waals surface area contributed by atoms with Crippen LogP contribution in [-0.4, -0.2) is 37.1 Å². The van der Waals surface area contributed by atoms with Gasteiger partial charge in [-0.1, -0.05) is 18.2 Å². The summed E-state index contributed by atoms with van der Waals surface area (Å²) in [5, 5.41) is 4.41. The molecule has 1 aromatic carbocycles. The summed E-state index contributed by atoms with van der Waals surface area (Å²) in [5.41, 5.74) is 3.42. The Bertz CT molecular complexity index is 571. The Morgan fingerprint density at radius 3 is 2.80 bits per heavy atom. The van der Waals surface area contributed by atoms with Gasteiger partial charge in [0.15, 0.2) is 0 Å². The lowest BCUT2D eigenvalue weighted by Crippen LogP contribution is -2.31. The first-order chi connectivity index (χ1) is 9.67. The molecule has 0 fully saturated rings. The van der Waals surface area contributed by atoms with E-state index in [-0.39, 0.29) is 0 Å². The molecule has 20 heavy (non-hydrogen) atoms. The Labute approximate surface area is 125 Å². The topological polar surface area (TPSA) is 28.2 Å². The summed E-state index contributed by atoms with van der Waals surface area (Å²) in [6.45, 7) is 3.06. The highest BCUT2D eigenvalue weighted by Crippen LogP contribution is 2.27. The number of nitrogens with one attached hydrogen (secondary N) is 1. The van der Waals surface area contributed by atoms with E-state index in [1.807, 2.05) is 24.9 Å². The molecule has 0 amide bonds. The molecule has 1 N–H and O–H groups in total. The van der Waals surface area contributed by atoms with Gasteiger partial charge in [-0.3, -0.25) is 4.98 Å². The number of hydrogen-bond acceptors (Lipinski definition) is 4.